The van der Waals surface area contributed by atoms with Crippen LogP contribution in [-0.2, 0) is 9.47 Å². The van der Waals surface area contributed by atoms with E-state index < -0.39 is 16.7 Å². The fourth-order valence-corrected chi connectivity index (χ4v) is 1.32. The van der Waals surface area contributed by atoms with E-state index in [1.54, 1.807) is 20.8 Å². The molecule has 0 spiro atoms. The molecule has 1 rings (SSSR count). The Labute approximate surface area is 122 Å². The van der Waals surface area contributed by atoms with Gasteiger partial charge in [0.2, 0.25) is 0 Å². The van der Waals surface area contributed by atoms with Crippen LogP contribution in [0.1, 0.15) is 27.2 Å². The van der Waals surface area contributed by atoms with E-state index in [2.05, 4.69) is 10.3 Å². The summed E-state index contributed by atoms with van der Waals surface area (Å²) in [7, 11) is 0. The molecule has 0 bridgehead atoms. The molecule has 0 amide bonds. The van der Waals surface area contributed by atoms with Crippen LogP contribution in [0.2, 0.25) is 0 Å². The highest BCUT2D eigenvalue weighted by atomic mass is 16.7. The average Bonchev–Trinajstić information content (AvgIpc) is 2.36. The molecule has 0 saturated heterocycles. The van der Waals surface area contributed by atoms with E-state index in [0.29, 0.717) is 18.8 Å². The molecule has 21 heavy (non-hydrogen) atoms. The zero-order chi connectivity index (χ0) is 15.9. The first kappa shape index (κ1) is 16.7. The number of hydrogen-bond donors (Lipinski definition) is 1. The van der Waals surface area contributed by atoms with Crippen molar-refractivity contribution < 1.29 is 19.2 Å². The lowest BCUT2D eigenvalue weighted by atomic mass is 10.2. The van der Waals surface area contributed by atoms with Crippen LogP contribution in [0.5, 0.6) is 0 Å². The van der Waals surface area contributed by atoms with Gasteiger partial charge in [0.1, 0.15) is 17.6 Å². The number of carbonyl (C=O) groups excluding carboxylic acids is 1. The van der Waals surface area contributed by atoms with Crippen molar-refractivity contribution in [3.05, 3.63) is 28.4 Å². The zero-order valence-electron chi connectivity index (χ0n) is 12.3. The molecular formula is C13H19N3O5. The van der Waals surface area contributed by atoms with Crippen molar-refractivity contribution in [1.29, 1.82) is 0 Å². The summed E-state index contributed by atoms with van der Waals surface area (Å²) in [5.74, 6) is 0.526. The Morgan fingerprint density at radius 1 is 1.43 bits per heavy atom. The smallest absolute Gasteiger partial charge is 0.434 e. The molecule has 8 heteroatoms. The summed E-state index contributed by atoms with van der Waals surface area (Å²) in [6.45, 7) is 6.02. The fourth-order valence-electron chi connectivity index (χ4n) is 1.32. The third-order valence-corrected chi connectivity index (χ3v) is 2.20. The van der Waals surface area contributed by atoms with Crippen molar-refractivity contribution in [2.75, 3.05) is 18.5 Å². The molecule has 0 aromatic carbocycles. The van der Waals surface area contributed by atoms with Gasteiger partial charge < -0.3 is 14.8 Å². The number of carbonyl (C=O) groups is 1. The van der Waals surface area contributed by atoms with Gasteiger partial charge in [0.05, 0.1) is 11.5 Å². The van der Waals surface area contributed by atoms with Gasteiger partial charge in [-0.15, -0.1) is 0 Å². The van der Waals surface area contributed by atoms with Crippen LogP contribution < -0.4 is 5.32 Å². The molecule has 0 fully saturated rings. The maximum Gasteiger partial charge on any atom is 0.508 e. The van der Waals surface area contributed by atoms with Gasteiger partial charge in [-0.05, 0) is 33.3 Å². The summed E-state index contributed by atoms with van der Waals surface area (Å²) in [4.78, 5) is 25.1. The Bertz CT molecular complexity index is 482. The molecule has 8 nitrogen and oxygen atoms in total. The predicted molar refractivity (Wildman–Crippen MR) is 76.2 cm³/mol. The summed E-state index contributed by atoms with van der Waals surface area (Å²) in [5.41, 5.74) is -0.633. The first-order valence-corrected chi connectivity index (χ1v) is 6.48. The van der Waals surface area contributed by atoms with Crippen LogP contribution in [0.3, 0.4) is 0 Å². The van der Waals surface area contributed by atoms with Gasteiger partial charge in [0.15, 0.2) is 0 Å². The predicted octanol–water partition coefficient (Wildman–Crippen LogP) is 2.74. The largest absolute Gasteiger partial charge is 0.508 e. The Balaban J connectivity index is 2.19. The number of rotatable bonds is 6. The Hall–Kier alpha value is -2.38. The minimum atomic E-state index is -0.698. The number of pyridine rings is 1. The Morgan fingerprint density at radius 2 is 2.14 bits per heavy atom. The second-order valence-electron chi connectivity index (χ2n) is 5.25. The van der Waals surface area contributed by atoms with Crippen molar-refractivity contribution in [2.45, 2.75) is 32.8 Å². The SMILES string of the molecule is CC(C)(C)OC(=O)OCCCNc1ccc([N+](=O)[O-])cn1. The quantitative estimate of drug-likeness (QED) is 0.372. The Morgan fingerprint density at radius 3 is 2.67 bits per heavy atom. The number of nitro groups is 1. The standard InChI is InChI=1S/C13H19N3O5/c1-13(2,3)21-12(17)20-8-4-7-14-11-6-5-10(9-15-11)16(18)19/h5-6,9H,4,7-8H2,1-3H3,(H,14,15). The van der Waals surface area contributed by atoms with E-state index in [4.69, 9.17) is 9.47 Å². The molecule has 0 saturated carbocycles. The van der Waals surface area contributed by atoms with Crippen molar-refractivity contribution in [3.8, 4) is 0 Å². The van der Waals surface area contributed by atoms with E-state index in [0.717, 1.165) is 0 Å². The van der Waals surface area contributed by atoms with Crippen molar-refractivity contribution in [3.63, 3.8) is 0 Å². The second kappa shape index (κ2) is 7.41. The summed E-state index contributed by atoms with van der Waals surface area (Å²) in [6.07, 6.45) is 1.05. The van der Waals surface area contributed by atoms with Crippen LogP contribution in [0.4, 0.5) is 16.3 Å². The molecular weight excluding hydrogens is 278 g/mol. The zero-order valence-corrected chi connectivity index (χ0v) is 12.3. The maximum absolute atomic E-state index is 11.3. The highest BCUT2D eigenvalue weighted by Crippen LogP contribution is 2.11. The molecule has 116 valence electrons. The van der Waals surface area contributed by atoms with Crippen molar-refractivity contribution in [1.82, 2.24) is 4.98 Å². The highest BCUT2D eigenvalue weighted by molar-refractivity contribution is 5.60. The molecule has 0 aliphatic carbocycles. The molecule has 1 N–H and O–H groups in total. The van der Waals surface area contributed by atoms with Gasteiger partial charge in [-0.3, -0.25) is 10.1 Å². The van der Waals surface area contributed by atoms with Gasteiger partial charge in [-0.25, -0.2) is 9.78 Å². The van der Waals surface area contributed by atoms with Crippen molar-refractivity contribution in [2.24, 2.45) is 0 Å². The van der Waals surface area contributed by atoms with Gasteiger partial charge in [0, 0.05) is 12.6 Å². The van der Waals surface area contributed by atoms with Crippen LogP contribution in [0.25, 0.3) is 0 Å². The number of nitrogens with zero attached hydrogens (tertiary/aromatic N) is 2. The minimum Gasteiger partial charge on any atom is -0.434 e. The molecule has 0 unspecified atom stereocenters. The summed E-state index contributed by atoms with van der Waals surface area (Å²) in [5, 5.41) is 13.4. The second-order valence-corrected chi connectivity index (χ2v) is 5.25. The average molecular weight is 297 g/mol. The third-order valence-electron chi connectivity index (χ3n) is 2.20. The summed E-state index contributed by atoms with van der Waals surface area (Å²) < 4.78 is 9.88. The van der Waals surface area contributed by atoms with Crippen molar-refractivity contribution >= 4 is 17.7 Å². The number of aromatic nitrogens is 1. The van der Waals surface area contributed by atoms with E-state index in [9.17, 15) is 14.9 Å². The molecule has 1 heterocycles. The van der Waals surface area contributed by atoms with Gasteiger partial charge in [0.25, 0.3) is 5.69 Å². The first-order valence-electron chi connectivity index (χ1n) is 6.48. The molecule has 1 aromatic rings. The summed E-state index contributed by atoms with van der Waals surface area (Å²) in [6, 6.07) is 2.89. The first-order chi connectivity index (χ1) is 9.78. The highest BCUT2D eigenvalue weighted by Gasteiger charge is 2.16. The fraction of sp³-hybridized carbons (Fsp3) is 0.538. The summed E-state index contributed by atoms with van der Waals surface area (Å²) >= 11 is 0. The van der Waals surface area contributed by atoms with Crippen LogP contribution in [0.15, 0.2) is 18.3 Å². The maximum atomic E-state index is 11.3. The van der Waals surface area contributed by atoms with E-state index >= 15 is 0 Å². The number of hydrogen-bond acceptors (Lipinski definition) is 7. The molecule has 0 radical (unpaired) electrons. The normalized spacial score (nSPS) is 10.8. The number of anilines is 1. The molecule has 0 atom stereocenters. The lowest BCUT2D eigenvalue weighted by molar-refractivity contribution is -0.385. The number of nitrogens with one attached hydrogen (secondary N) is 1. The lowest BCUT2D eigenvalue weighted by Gasteiger charge is -2.18. The van der Waals surface area contributed by atoms with E-state index in [1.807, 2.05) is 0 Å². The number of ether oxygens (including phenoxy) is 2. The van der Waals surface area contributed by atoms with Gasteiger partial charge >= 0.3 is 6.16 Å². The lowest BCUT2D eigenvalue weighted by Crippen LogP contribution is -2.25. The Kier molecular flexibility index (Phi) is 5.89. The molecule has 1 aromatic heterocycles. The third kappa shape index (κ3) is 7.09. The van der Waals surface area contributed by atoms with E-state index in [-0.39, 0.29) is 12.3 Å². The molecule has 0 aliphatic rings. The monoisotopic (exact) mass is 297 g/mol. The van der Waals surface area contributed by atoms with Crippen LogP contribution in [0, 0.1) is 10.1 Å². The van der Waals surface area contributed by atoms with Gasteiger partial charge in [-0.2, -0.15) is 0 Å². The van der Waals surface area contributed by atoms with Gasteiger partial charge in [-0.1, -0.05) is 0 Å². The molecule has 0 aliphatic heterocycles. The van der Waals surface area contributed by atoms with Crippen LogP contribution in [-0.4, -0.2) is 34.8 Å². The van der Waals surface area contributed by atoms with E-state index in [1.165, 1.54) is 18.3 Å². The van der Waals surface area contributed by atoms with Crippen LogP contribution >= 0.6 is 0 Å². The topological polar surface area (TPSA) is 104 Å². The minimum absolute atomic E-state index is 0.0613.